The number of nitrogens with zero attached hydrogens (tertiary/aromatic N) is 1. The maximum Gasteiger partial charge on any atom is 0.300 e. The van der Waals surface area contributed by atoms with Gasteiger partial charge in [0, 0.05) is 11.3 Å². The standard InChI is InChI=1S/C28H23ClFNO6/c1-2-36-23-13-16(5-9-21(23)32)25-24(26(33)17-6-10-22-15(12-17)4-3-11-37-22)27(34)28(35)31(25)18-7-8-20(30)19(29)14-18/h5-10,12-14,25,32-33H,2-4,11H2,1H3/b26-24+. The number of aryl methyl sites for hydroxylation is 1. The summed E-state index contributed by atoms with van der Waals surface area (Å²) < 4.78 is 25.1. The molecule has 0 saturated carbocycles. The minimum atomic E-state index is -1.10. The smallest absolute Gasteiger partial charge is 0.300 e. The van der Waals surface area contributed by atoms with Crippen LogP contribution in [0.2, 0.25) is 5.02 Å². The molecule has 1 saturated heterocycles. The van der Waals surface area contributed by atoms with Crippen molar-refractivity contribution in [2.45, 2.75) is 25.8 Å². The Hall–Kier alpha value is -4.04. The van der Waals surface area contributed by atoms with E-state index in [0.29, 0.717) is 23.5 Å². The lowest BCUT2D eigenvalue weighted by molar-refractivity contribution is -0.132. The van der Waals surface area contributed by atoms with Crippen molar-refractivity contribution in [2.75, 3.05) is 18.1 Å². The summed E-state index contributed by atoms with van der Waals surface area (Å²) in [4.78, 5) is 27.9. The minimum absolute atomic E-state index is 0.123. The number of rotatable bonds is 5. The number of phenols is 1. The van der Waals surface area contributed by atoms with Crippen molar-refractivity contribution < 1.29 is 33.7 Å². The highest BCUT2D eigenvalue weighted by Crippen LogP contribution is 2.45. The van der Waals surface area contributed by atoms with Gasteiger partial charge in [-0.1, -0.05) is 17.7 Å². The number of Topliss-reactive ketones (excluding diaryl/α,β-unsaturated/α-hetero) is 1. The molecule has 3 aromatic carbocycles. The molecule has 5 rings (SSSR count). The van der Waals surface area contributed by atoms with Crippen LogP contribution in [-0.4, -0.2) is 35.1 Å². The number of carbonyl (C=O) groups excluding carboxylic acids is 2. The molecule has 190 valence electrons. The lowest BCUT2D eigenvalue weighted by atomic mass is 9.93. The number of amides is 1. The Balaban J connectivity index is 1.71. The van der Waals surface area contributed by atoms with Crippen LogP contribution in [0, 0.1) is 5.82 Å². The minimum Gasteiger partial charge on any atom is -0.507 e. The van der Waals surface area contributed by atoms with E-state index in [9.17, 15) is 24.2 Å². The van der Waals surface area contributed by atoms with Crippen LogP contribution in [0.1, 0.15) is 36.1 Å². The van der Waals surface area contributed by atoms with Crippen molar-refractivity contribution in [3.05, 3.63) is 87.7 Å². The van der Waals surface area contributed by atoms with Crippen LogP contribution in [0.5, 0.6) is 17.2 Å². The molecular formula is C28H23ClFNO6. The maximum absolute atomic E-state index is 13.9. The van der Waals surface area contributed by atoms with E-state index in [1.807, 2.05) is 0 Å². The lowest BCUT2D eigenvalue weighted by Gasteiger charge is -2.26. The molecule has 0 bridgehead atoms. The fourth-order valence-corrected chi connectivity index (χ4v) is 4.86. The number of ketones is 1. The predicted octanol–water partition coefficient (Wildman–Crippen LogP) is 5.53. The van der Waals surface area contributed by atoms with Gasteiger partial charge in [0.25, 0.3) is 11.7 Å². The number of benzene rings is 3. The summed E-state index contributed by atoms with van der Waals surface area (Å²) in [7, 11) is 0. The summed E-state index contributed by atoms with van der Waals surface area (Å²) in [6.07, 6.45) is 1.57. The van der Waals surface area contributed by atoms with Gasteiger partial charge in [0.15, 0.2) is 11.5 Å². The molecule has 7 nitrogen and oxygen atoms in total. The van der Waals surface area contributed by atoms with Crippen LogP contribution in [0.25, 0.3) is 5.76 Å². The van der Waals surface area contributed by atoms with Gasteiger partial charge in [-0.2, -0.15) is 0 Å². The van der Waals surface area contributed by atoms with Gasteiger partial charge in [0.2, 0.25) is 0 Å². The van der Waals surface area contributed by atoms with E-state index in [2.05, 4.69) is 0 Å². The molecule has 37 heavy (non-hydrogen) atoms. The van der Waals surface area contributed by atoms with E-state index in [4.69, 9.17) is 21.1 Å². The van der Waals surface area contributed by atoms with Gasteiger partial charge in [-0.25, -0.2) is 4.39 Å². The van der Waals surface area contributed by atoms with Crippen molar-refractivity contribution in [2.24, 2.45) is 0 Å². The normalized spacial score (nSPS) is 18.5. The van der Waals surface area contributed by atoms with E-state index in [0.717, 1.165) is 29.4 Å². The van der Waals surface area contributed by atoms with Crippen LogP contribution >= 0.6 is 11.6 Å². The topological polar surface area (TPSA) is 96.3 Å². The molecule has 0 aliphatic carbocycles. The zero-order chi connectivity index (χ0) is 26.3. The monoisotopic (exact) mass is 523 g/mol. The van der Waals surface area contributed by atoms with E-state index < -0.39 is 23.5 Å². The van der Waals surface area contributed by atoms with E-state index >= 15 is 0 Å². The molecule has 0 aromatic heterocycles. The first kappa shape index (κ1) is 24.6. The number of aromatic hydroxyl groups is 1. The van der Waals surface area contributed by atoms with Crippen molar-refractivity contribution in [1.29, 1.82) is 0 Å². The highest BCUT2D eigenvalue weighted by Gasteiger charge is 2.47. The van der Waals surface area contributed by atoms with Crippen LogP contribution in [0.4, 0.5) is 10.1 Å². The van der Waals surface area contributed by atoms with Gasteiger partial charge in [0.05, 0.1) is 29.9 Å². The first-order valence-electron chi connectivity index (χ1n) is 11.8. The molecule has 2 heterocycles. The molecule has 2 aliphatic rings. The number of hydrogen-bond acceptors (Lipinski definition) is 6. The van der Waals surface area contributed by atoms with E-state index in [1.54, 1.807) is 25.1 Å². The second-order valence-corrected chi connectivity index (χ2v) is 9.11. The molecule has 3 aromatic rings. The second-order valence-electron chi connectivity index (χ2n) is 8.70. The zero-order valence-corrected chi connectivity index (χ0v) is 20.6. The molecular weight excluding hydrogens is 501 g/mol. The average Bonchev–Trinajstić information content (AvgIpc) is 3.16. The third kappa shape index (κ3) is 4.38. The Morgan fingerprint density at radius 3 is 2.73 bits per heavy atom. The van der Waals surface area contributed by atoms with Gasteiger partial charge in [-0.05, 0) is 79.4 Å². The Bertz CT molecular complexity index is 1450. The number of halogens is 2. The van der Waals surface area contributed by atoms with Crippen molar-refractivity contribution >= 4 is 34.7 Å². The number of ether oxygens (including phenoxy) is 2. The zero-order valence-electron chi connectivity index (χ0n) is 19.8. The number of carbonyl (C=O) groups is 2. The summed E-state index contributed by atoms with van der Waals surface area (Å²) in [5, 5.41) is 21.4. The first-order valence-corrected chi connectivity index (χ1v) is 12.2. The summed E-state index contributed by atoms with van der Waals surface area (Å²) in [6, 6.07) is 12.1. The quantitative estimate of drug-likeness (QED) is 0.259. The Labute approximate surface area is 217 Å². The molecule has 2 N–H and O–H groups in total. The van der Waals surface area contributed by atoms with Gasteiger partial charge in [-0.15, -0.1) is 0 Å². The number of anilines is 1. The molecule has 9 heteroatoms. The molecule has 0 spiro atoms. The Morgan fingerprint density at radius 1 is 1.16 bits per heavy atom. The molecule has 1 unspecified atom stereocenters. The number of aliphatic hydroxyl groups excluding tert-OH is 1. The third-order valence-electron chi connectivity index (χ3n) is 6.41. The Morgan fingerprint density at radius 2 is 1.97 bits per heavy atom. The SMILES string of the molecule is CCOc1cc(C2/C(=C(\O)c3ccc4c(c3)CCCO4)C(=O)C(=O)N2c2ccc(F)c(Cl)c2)ccc1O. The van der Waals surface area contributed by atoms with Crippen LogP contribution < -0.4 is 14.4 Å². The van der Waals surface area contributed by atoms with Gasteiger partial charge in [-0.3, -0.25) is 14.5 Å². The molecule has 1 atom stereocenters. The van der Waals surface area contributed by atoms with Crippen LogP contribution in [-0.2, 0) is 16.0 Å². The molecule has 0 radical (unpaired) electrons. The van der Waals surface area contributed by atoms with Gasteiger partial charge < -0.3 is 19.7 Å². The predicted molar refractivity (Wildman–Crippen MR) is 136 cm³/mol. The van der Waals surface area contributed by atoms with E-state index in [1.165, 1.54) is 30.3 Å². The Kier molecular flexibility index (Phi) is 6.52. The fourth-order valence-electron chi connectivity index (χ4n) is 4.68. The summed E-state index contributed by atoms with van der Waals surface area (Å²) in [6.45, 7) is 2.62. The molecule has 2 aliphatic heterocycles. The third-order valence-corrected chi connectivity index (χ3v) is 6.70. The van der Waals surface area contributed by atoms with Crippen molar-refractivity contribution in [3.8, 4) is 17.2 Å². The van der Waals surface area contributed by atoms with Gasteiger partial charge in [0.1, 0.15) is 17.3 Å². The first-order chi connectivity index (χ1) is 17.8. The number of aliphatic hydroxyl groups is 1. The maximum atomic E-state index is 13.9. The molecule has 1 fully saturated rings. The highest BCUT2D eigenvalue weighted by atomic mass is 35.5. The lowest BCUT2D eigenvalue weighted by Crippen LogP contribution is -2.29. The van der Waals surface area contributed by atoms with Gasteiger partial charge >= 0.3 is 0 Å². The summed E-state index contributed by atoms with van der Waals surface area (Å²) >= 11 is 6.00. The number of phenolic OH excluding ortho intramolecular Hbond substituents is 1. The van der Waals surface area contributed by atoms with E-state index in [-0.39, 0.29) is 40.1 Å². The average molecular weight is 524 g/mol. The van der Waals surface area contributed by atoms with Crippen molar-refractivity contribution in [1.82, 2.24) is 0 Å². The highest BCUT2D eigenvalue weighted by molar-refractivity contribution is 6.51. The molecule has 1 amide bonds. The summed E-state index contributed by atoms with van der Waals surface area (Å²) in [5.74, 6) is -2.14. The van der Waals surface area contributed by atoms with Crippen molar-refractivity contribution in [3.63, 3.8) is 0 Å². The largest absolute Gasteiger partial charge is 0.507 e. The number of fused-ring (bicyclic) bond motifs is 1. The summed E-state index contributed by atoms with van der Waals surface area (Å²) in [5.41, 5.74) is 1.64. The van der Waals surface area contributed by atoms with Crippen LogP contribution in [0.3, 0.4) is 0 Å². The number of hydrogen-bond donors (Lipinski definition) is 2. The van der Waals surface area contributed by atoms with Crippen LogP contribution in [0.15, 0.2) is 60.2 Å². The fraction of sp³-hybridized carbons (Fsp3) is 0.214. The second kappa shape index (κ2) is 9.78.